The lowest BCUT2D eigenvalue weighted by atomic mass is 9.93. The Balaban J connectivity index is 0.000000201. The van der Waals surface area contributed by atoms with Gasteiger partial charge in [-0.2, -0.15) is 0 Å². The highest BCUT2D eigenvalue weighted by Crippen LogP contribution is 2.34. The van der Waals surface area contributed by atoms with Crippen LogP contribution in [-0.2, 0) is 93.8 Å². The Bertz CT molecular complexity index is 5100. The predicted octanol–water partition coefficient (Wildman–Crippen LogP) is 17.2. The quantitative estimate of drug-likeness (QED) is 0.0788. The van der Waals surface area contributed by atoms with E-state index in [0.29, 0.717) is 70.9 Å². The number of rotatable bonds is 14. The number of phenolic OH excluding ortho intramolecular Hbond substituents is 1. The van der Waals surface area contributed by atoms with Crippen molar-refractivity contribution in [3.63, 3.8) is 0 Å². The van der Waals surface area contributed by atoms with Gasteiger partial charge in [0.1, 0.15) is 24.1 Å². The van der Waals surface area contributed by atoms with Gasteiger partial charge in [-0.3, -0.25) is 53.2 Å². The van der Waals surface area contributed by atoms with Crippen molar-refractivity contribution in [2.75, 3.05) is 157 Å². The lowest BCUT2D eigenvalue weighted by Crippen LogP contribution is -2.56. The summed E-state index contributed by atoms with van der Waals surface area (Å²) in [5, 5.41) is 38.3. The minimum Gasteiger partial charge on any atom is -0.508 e. The van der Waals surface area contributed by atoms with E-state index in [1.165, 1.54) is 16.7 Å². The zero-order valence-electron chi connectivity index (χ0n) is 89.6. The number of aliphatic hydroxyl groups excluding tert-OH is 3. The summed E-state index contributed by atoms with van der Waals surface area (Å²) in [6.07, 6.45) is -0.258. The monoisotopic (exact) mass is 1960 g/mol. The van der Waals surface area contributed by atoms with Crippen molar-refractivity contribution in [3.8, 4) is 5.75 Å². The Morgan fingerprint density at radius 3 is 1.06 bits per heavy atom. The number of carbonyl (C=O) groups excluding carboxylic acids is 7. The van der Waals surface area contributed by atoms with Crippen LogP contribution in [0.5, 0.6) is 5.75 Å². The summed E-state index contributed by atoms with van der Waals surface area (Å²) in [4.78, 5) is 109. The third kappa shape index (κ3) is 37.3. The van der Waals surface area contributed by atoms with E-state index >= 15 is 0 Å². The molecule has 0 saturated carbocycles. The number of piperazine rings is 4. The Hall–Kier alpha value is -9.48. The first-order valence-electron chi connectivity index (χ1n) is 50.7. The molecule has 0 radical (unpaired) electrons. The fraction of sp³-hybridized carbons (Fsp3) is 0.574. The second kappa shape index (κ2) is 53.4. The van der Waals surface area contributed by atoms with Gasteiger partial charge in [-0.1, -0.05) is 309 Å². The number of ether oxygens (including phenoxy) is 3. The second-order valence-electron chi connectivity index (χ2n) is 45.7. The Morgan fingerprint density at radius 1 is 0.305 bits per heavy atom. The van der Waals surface area contributed by atoms with Crippen LogP contribution in [0.1, 0.15) is 237 Å². The molecule has 7 aromatic carbocycles. The van der Waals surface area contributed by atoms with Crippen molar-refractivity contribution in [2.24, 2.45) is 37.9 Å². The van der Waals surface area contributed by atoms with Crippen molar-refractivity contribution in [2.45, 2.75) is 237 Å². The van der Waals surface area contributed by atoms with Crippen molar-refractivity contribution in [3.05, 3.63) is 242 Å². The Labute approximate surface area is 849 Å². The molecule has 141 heavy (non-hydrogen) atoms. The molecule has 0 bridgehead atoms. The van der Waals surface area contributed by atoms with Crippen LogP contribution >= 0.6 is 11.6 Å². The largest absolute Gasteiger partial charge is 0.508 e. The number of morpholine rings is 3. The van der Waals surface area contributed by atoms with Gasteiger partial charge in [-0.05, 0) is 106 Å². The molecule has 7 saturated heterocycles. The van der Waals surface area contributed by atoms with Gasteiger partial charge >= 0.3 is 0 Å². The molecule has 776 valence electrons. The summed E-state index contributed by atoms with van der Waals surface area (Å²) in [7, 11) is 0. The van der Waals surface area contributed by atoms with Crippen LogP contribution in [0.3, 0.4) is 0 Å². The maximum atomic E-state index is 12.4. The molecule has 7 aliphatic rings. The lowest BCUT2D eigenvalue weighted by molar-refractivity contribution is -0.147. The molecule has 7 fully saturated rings. The van der Waals surface area contributed by atoms with Crippen LogP contribution < -0.4 is 0 Å². The molecule has 7 heterocycles. The smallest absolute Gasteiger partial charge is 0.228 e. The molecule has 7 aromatic rings. The number of nitrogens with zero attached hydrogens (tertiary/aromatic N) is 11. The maximum Gasteiger partial charge on any atom is 0.228 e. The van der Waals surface area contributed by atoms with Gasteiger partial charge in [0.05, 0.1) is 59.3 Å². The number of aliphatic hydroxyl groups is 3. The summed E-state index contributed by atoms with van der Waals surface area (Å²) in [5.41, 5.74) is 10.8. The third-order valence-corrected chi connectivity index (χ3v) is 26.4. The van der Waals surface area contributed by atoms with Crippen molar-refractivity contribution >= 4 is 53.0 Å². The number of phenols is 1. The number of halogens is 1. The topological polar surface area (TPSA) is 264 Å². The van der Waals surface area contributed by atoms with E-state index in [9.17, 15) is 54.0 Å². The predicted molar refractivity (Wildman–Crippen MR) is 563 cm³/mol. The molecule has 4 atom stereocenters. The number of benzene rings is 7. The molecule has 0 aromatic heterocycles. The summed E-state index contributed by atoms with van der Waals surface area (Å²) in [6.45, 7) is 69.6. The molecule has 14 rings (SSSR count). The van der Waals surface area contributed by atoms with E-state index in [-0.39, 0.29) is 117 Å². The summed E-state index contributed by atoms with van der Waals surface area (Å²) in [5.74, 6) is 1.80. The van der Waals surface area contributed by atoms with Crippen molar-refractivity contribution in [1.29, 1.82) is 0 Å². The van der Waals surface area contributed by atoms with Crippen LogP contribution in [0.25, 0.3) is 0 Å². The van der Waals surface area contributed by atoms with E-state index in [1.54, 1.807) is 12.1 Å². The van der Waals surface area contributed by atoms with Gasteiger partial charge in [0.25, 0.3) is 0 Å². The van der Waals surface area contributed by atoms with Crippen molar-refractivity contribution < 1.29 is 68.2 Å². The fourth-order valence-corrected chi connectivity index (χ4v) is 17.9. The van der Waals surface area contributed by atoms with Gasteiger partial charge in [-0.25, -0.2) is 0 Å². The molecule has 26 heteroatoms. The first-order chi connectivity index (χ1) is 66.1. The number of hydrogen-bond donors (Lipinski definition) is 4. The van der Waals surface area contributed by atoms with E-state index in [2.05, 4.69) is 93.3 Å². The maximum absolute atomic E-state index is 12.4. The molecule has 0 spiro atoms. The summed E-state index contributed by atoms with van der Waals surface area (Å²) < 4.78 is 17.3. The first kappa shape index (κ1) is 117. The molecular formula is C115H170ClN11O14. The molecule has 4 unspecified atom stereocenters. The number of amides is 7. The number of aryl methyl sites for hydroxylation is 2. The van der Waals surface area contributed by atoms with Gasteiger partial charge in [0.15, 0.2) is 0 Å². The average molecular weight is 1970 g/mol. The number of carbonyl (C=O) groups is 7. The van der Waals surface area contributed by atoms with Gasteiger partial charge < -0.3 is 68.9 Å². The average Bonchev–Trinajstić information content (AvgIpc) is 0.859. The normalized spacial score (nSPS) is 18.9. The molecule has 0 aliphatic carbocycles. The zero-order chi connectivity index (χ0) is 104. The standard InChI is InChI=1S/C18H28N2O2.C17H25ClN2O.C17H26N2O.C16H24N2O2.2C16H23NO3.C15H21NO2/c1-14-5-6-15(11-16(14)13-21)12-19-7-9-20(10-8-19)17(22)18(2,3)4;1-13-5-6-14(11-15(13)18)12-19-7-9-20(10-8-19)16(21)17(2,3)4;1-14-12-18(13-15-8-6-5-7-9-15)10-11-19(14)16(20)17(2,3)4;1-16(2,3)15(20)18-9-7-17(8-10-18)12-13-5-4-6-14(19)11-13;1-16(2,3)15(19)17-7-8-20-14(10-17)13-6-4-5-12(9-13)11-18;1-16(2,3)15(19)17-8-9-20-14(10-17)13-7-5-4-6-12(13)11-18;1-15(2,3)14(17)16-9-10-18-13(11-16)12-7-5-4-6-8-12/h5-6,11,21H,7-10,12-13H2,1-4H3;5-6,11H,7-10,12H2,1-4H3;5-9,14H,10-13H2,1-4H3;4-6,11,19H,7-10,12H2,1-3H3;4-6,9,14,18H,7-8,10-11H2,1-3H3;4-7,14,18H,8-11H2,1-3H3;4-8,13H,9-11H2,1-3H3. The molecular weight excluding hydrogens is 1790 g/mol. The minimum atomic E-state index is -0.377. The van der Waals surface area contributed by atoms with Gasteiger partial charge in [0, 0.05) is 193 Å². The van der Waals surface area contributed by atoms with Crippen LogP contribution in [0, 0.1) is 51.8 Å². The minimum absolute atomic E-state index is 0.00579. The molecule has 25 nitrogen and oxygen atoms in total. The highest BCUT2D eigenvalue weighted by atomic mass is 35.5. The van der Waals surface area contributed by atoms with Crippen molar-refractivity contribution in [1.82, 2.24) is 53.9 Å². The summed E-state index contributed by atoms with van der Waals surface area (Å²) >= 11 is 6.18. The fourth-order valence-electron chi connectivity index (χ4n) is 17.7. The van der Waals surface area contributed by atoms with E-state index < -0.39 is 0 Å². The Morgan fingerprint density at radius 2 is 0.645 bits per heavy atom. The number of aromatic hydroxyl groups is 1. The highest BCUT2D eigenvalue weighted by molar-refractivity contribution is 6.31. The van der Waals surface area contributed by atoms with E-state index in [1.807, 2.05) is 285 Å². The van der Waals surface area contributed by atoms with Crippen LogP contribution in [0.15, 0.2) is 170 Å². The lowest BCUT2D eigenvalue weighted by Gasteiger charge is -2.42. The van der Waals surface area contributed by atoms with E-state index in [0.717, 1.165) is 179 Å². The van der Waals surface area contributed by atoms with Crippen LogP contribution in [0.4, 0.5) is 0 Å². The highest BCUT2D eigenvalue weighted by Gasteiger charge is 2.39. The zero-order valence-corrected chi connectivity index (χ0v) is 90.3. The van der Waals surface area contributed by atoms with Gasteiger partial charge in [-0.15, -0.1) is 0 Å². The first-order valence-corrected chi connectivity index (χ1v) is 51.0. The van der Waals surface area contributed by atoms with Gasteiger partial charge in [0.2, 0.25) is 41.4 Å². The second-order valence-corrected chi connectivity index (χ2v) is 46.1. The van der Waals surface area contributed by atoms with Crippen LogP contribution in [0.2, 0.25) is 5.02 Å². The van der Waals surface area contributed by atoms with Crippen LogP contribution in [-0.4, -0.2) is 279 Å². The van der Waals surface area contributed by atoms with E-state index in [4.69, 9.17) is 25.8 Å². The molecule has 4 N–H and O–H groups in total. The number of hydrogen-bond acceptors (Lipinski definition) is 18. The summed E-state index contributed by atoms with van der Waals surface area (Å²) in [6, 6.07) is 56.2. The Kier molecular flexibility index (Phi) is 44.2. The third-order valence-electron chi connectivity index (χ3n) is 26.0. The SMILES string of the molecule is CC(C)(C)C(=O)N1CCN(Cc2cccc(O)c2)CC1.CC(C)(C)C(=O)N1CCOC(c2cccc(CO)c2)C1.CC(C)(C)C(=O)N1CCOC(c2ccccc2)C1.CC(C)(C)C(=O)N1CCOC(c2ccccc2CO)C1.CC1CN(Cc2ccccc2)CCN1C(=O)C(C)(C)C.Cc1ccc(CN2CCN(C(=O)C(C)(C)C)CC2)cc1CO.Cc1ccc(CN2CCN(C(=O)C(C)(C)C)CC2)cc1Cl. The molecule has 7 amide bonds. The molecule has 7 aliphatic heterocycles.